The molecule has 0 saturated heterocycles. The third-order valence-corrected chi connectivity index (χ3v) is 2.19. The van der Waals surface area contributed by atoms with E-state index in [2.05, 4.69) is 32.6 Å². The largest absolute Gasteiger partial charge is 0.355 e. The summed E-state index contributed by atoms with van der Waals surface area (Å²) in [5, 5.41) is 3.13. The van der Waals surface area contributed by atoms with Crippen molar-refractivity contribution in [3.05, 3.63) is 23.8 Å². The van der Waals surface area contributed by atoms with Crippen LogP contribution in [0.15, 0.2) is 17.3 Å². The lowest BCUT2D eigenvalue weighted by Gasteiger charge is -2.08. The first-order valence-electron chi connectivity index (χ1n) is 5.79. The summed E-state index contributed by atoms with van der Waals surface area (Å²) in [5.41, 5.74) is 3.42. The van der Waals surface area contributed by atoms with E-state index in [1.807, 2.05) is 13.0 Å². The van der Waals surface area contributed by atoms with Crippen LogP contribution >= 0.6 is 0 Å². The van der Waals surface area contributed by atoms with E-state index in [0.29, 0.717) is 12.5 Å². The molecule has 94 valence electrons. The molecule has 0 aliphatic carbocycles. The summed E-state index contributed by atoms with van der Waals surface area (Å²) in [6.45, 7) is 5.34. The Morgan fingerprint density at radius 1 is 1.53 bits per heavy atom. The van der Waals surface area contributed by atoms with Crippen molar-refractivity contribution in [3.63, 3.8) is 0 Å². The number of nitrogens with zero attached hydrogens (tertiary/aromatic N) is 3. The molecule has 0 atom stereocenters. The number of unbranched alkanes of at least 4 members (excludes halogenated alkanes) is 1. The lowest BCUT2D eigenvalue weighted by Crippen LogP contribution is -2.42. The highest BCUT2D eigenvalue weighted by atomic mass is 15.3. The van der Waals surface area contributed by atoms with Gasteiger partial charge in [-0.25, -0.2) is 20.8 Å². The van der Waals surface area contributed by atoms with Gasteiger partial charge < -0.3 is 5.32 Å². The molecule has 0 aliphatic rings. The monoisotopic (exact) mass is 236 g/mol. The lowest BCUT2D eigenvalue weighted by atomic mass is 10.3. The Bertz CT molecular complexity index is 363. The van der Waals surface area contributed by atoms with Crippen molar-refractivity contribution in [3.8, 4) is 0 Å². The molecule has 0 unspecified atom stereocenters. The van der Waals surface area contributed by atoms with Crippen LogP contribution in [0.4, 0.5) is 0 Å². The molecule has 0 bridgehead atoms. The van der Waals surface area contributed by atoms with Crippen LogP contribution in [0.5, 0.6) is 0 Å². The molecule has 0 saturated carbocycles. The van der Waals surface area contributed by atoms with E-state index in [1.54, 1.807) is 6.20 Å². The van der Waals surface area contributed by atoms with Gasteiger partial charge in [0.2, 0.25) is 5.96 Å². The van der Waals surface area contributed by atoms with Crippen molar-refractivity contribution >= 4 is 5.96 Å². The molecule has 0 fully saturated rings. The fourth-order valence-electron chi connectivity index (χ4n) is 1.29. The summed E-state index contributed by atoms with van der Waals surface area (Å²) in [6, 6.07) is 1.84. The van der Waals surface area contributed by atoms with Crippen molar-refractivity contribution in [1.82, 2.24) is 20.7 Å². The topological polar surface area (TPSA) is 88.2 Å². The van der Waals surface area contributed by atoms with Gasteiger partial charge >= 0.3 is 0 Å². The van der Waals surface area contributed by atoms with Gasteiger partial charge in [-0.1, -0.05) is 13.3 Å². The van der Waals surface area contributed by atoms with Crippen molar-refractivity contribution in [1.29, 1.82) is 0 Å². The molecular formula is C11H20N6. The van der Waals surface area contributed by atoms with Gasteiger partial charge in [0.05, 0.1) is 12.2 Å². The van der Waals surface area contributed by atoms with E-state index in [0.717, 1.165) is 30.9 Å². The number of hydrogen-bond acceptors (Lipinski definition) is 4. The Balaban J connectivity index is 2.49. The number of rotatable bonds is 5. The van der Waals surface area contributed by atoms with Crippen LogP contribution in [0.3, 0.4) is 0 Å². The summed E-state index contributed by atoms with van der Waals surface area (Å²) in [5.74, 6) is 6.71. The maximum atomic E-state index is 5.37. The number of hydrazine groups is 1. The maximum Gasteiger partial charge on any atom is 0.206 e. The van der Waals surface area contributed by atoms with Crippen LogP contribution < -0.4 is 16.6 Å². The highest BCUT2D eigenvalue weighted by Gasteiger charge is 1.97. The Morgan fingerprint density at radius 2 is 2.35 bits per heavy atom. The third kappa shape index (κ3) is 5.26. The molecule has 0 amide bonds. The van der Waals surface area contributed by atoms with Gasteiger partial charge in [0.1, 0.15) is 5.82 Å². The molecule has 1 heterocycles. The minimum absolute atomic E-state index is 0.488. The number of aliphatic imine (C=N–C) groups is 1. The SMILES string of the molecule is CCCCNC(=NCc1ccnc(C)n1)NN. The average molecular weight is 236 g/mol. The van der Waals surface area contributed by atoms with Gasteiger partial charge in [-0.3, -0.25) is 5.43 Å². The van der Waals surface area contributed by atoms with Crippen LogP contribution in [0.1, 0.15) is 31.3 Å². The van der Waals surface area contributed by atoms with E-state index >= 15 is 0 Å². The van der Waals surface area contributed by atoms with E-state index in [1.165, 1.54) is 0 Å². The molecule has 6 nitrogen and oxygen atoms in total. The van der Waals surface area contributed by atoms with Crippen molar-refractivity contribution in [2.45, 2.75) is 33.2 Å². The van der Waals surface area contributed by atoms with Crippen molar-refractivity contribution < 1.29 is 0 Å². The second kappa shape index (κ2) is 7.56. The molecule has 17 heavy (non-hydrogen) atoms. The molecule has 0 spiro atoms. The van der Waals surface area contributed by atoms with Gasteiger partial charge in [-0.15, -0.1) is 0 Å². The van der Waals surface area contributed by atoms with Crippen LogP contribution in [0.25, 0.3) is 0 Å². The lowest BCUT2D eigenvalue weighted by molar-refractivity contribution is 0.730. The van der Waals surface area contributed by atoms with Crippen molar-refractivity contribution in [2.75, 3.05) is 6.54 Å². The Hall–Kier alpha value is -1.69. The Labute approximate surface area is 102 Å². The van der Waals surface area contributed by atoms with Gasteiger partial charge in [0.15, 0.2) is 0 Å². The molecule has 4 N–H and O–H groups in total. The summed E-state index contributed by atoms with van der Waals surface area (Å²) < 4.78 is 0. The zero-order valence-electron chi connectivity index (χ0n) is 10.4. The predicted octanol–water partition coefficient (Wildman–Crippen LogP) is 0.494. The zero-order valence-corrected chi connectivity index (χ0v) is 10.4. The van der Waals surface area contributed by atoms with Crippen LogP contribution in [0, 0.1) is 6.92 Å². The first kappa shape index (κ1) is 13.4. The Kier molecular flexibility index (Phi) is 5.95. The van der Waals surface area contributed by atoms with Crippen LogP contribution in [-0.4, -0.2) is 22.5 Å². The minimum atomic E-state index is 0.488. The van der Waals surface area contributed by atoms with E-state index in [4.69, 9.17) is 5.84 Å². The van der Waals surface area contributed by atoms with Gasteiger partial charge in [-0.2, -0.15) is 0 Å². The number of aryl methyl sites for hydroxylation is 1. The molecule has 6 heteroatoms. The number of aromatic nitrogens is 2. The smallest absolute Gasteiger partial charge is 0.206 e. The maximum absolute atomic E-state index is 5.37. The molecule has 0 aromatic carbocycles. The summed E-state index contributed by atoms with van der Waals surface area (Å²) in [7, 11) is 0. The number of hydrogen-bond donors (Lipinski definition) is 3. The number of guanidine groups is 1. The molecular weight excluding hydrogens is 216 g/mol. The molecule has 0 radical (unpaired) electrons. The summed E-state index contributed by atoms with van der Waals surface area (Å²) in [4.78, 5) is 12.6. The quantitative estimate of drug-likeness (QED) is 0.228. The summed E-state index contributed by atoms with van der Waals surface area (Å²) in [6.07, 6.45) is 3.95. The highest BCUT2D eigenvalue weighted by molar-refractivity contribution is 5.79. The van der Waals surface area contributed by atoms with Crippen molar-refractivity contribution in [2.24, 2.45) is 10.8 Å². The highest BCUT2D eigenvalue weighted by Crippen LogP contribution is 1.96. The minimum Gasteiger partial charge on any atom is -0.355 e. The van der Waals surface area contributed by atoms with Crippen LogP contribution in [0.2, 0.25) is 0 Å². The second-order valence-electron chi connectivity index (χ2n) is 3.68. The van der Waals surface area contributed by atoms with Gasteiger partial charge in [-0.05, 0) is 19.4 Å². The first-order valence-corrected chi connectivity index (χ1v) is 5.79. The Morgan fingerprint density at radius 3 is 3.00 bits per heavy atom. The average Bonchev–Trinajstić information content (AvgIpc) is 2.34. The fourth-order valence-corrected chi connectivity index (χ4v) is 1.29. The van der Waals surface area contributed by atoms with E-state index in [9.17, 15) is 0 Å². The van der Waals surface area contributed by atoms with E-state index in [-0.39, 0.29) is 0 Å². The molecule has 1 rings (SSSR count). The van der Waals surface area contributed by atoms with E-state index < -0.39 is 0 Å². The predicted molar refractivity (Wildman–Crippen MR) is 68.1 cm³/mol. The first-order chi connectivity index (χ1) is 8.26. The number of nitrogens with two attached hydrogens (primary N) is 1. The normalized spacial score (nSPS) is 11.4. The fraction of sp³-hybridized carbons (Fsp3) is 0.545. The van der Waals surface area contributed by atoms with Gasteiger partial charge in [0.25, 0.3) is 0 Å². The molecule has 0 aliphatic heterocycles. The zero-order chi connectivity index (χ0) is 12.5. The molecule has 1 aromatic rings. The van der Waals surface area contributed by atoms with Crippen LogP contribution in [-0.2, 0) is 6.54 Å². The molecule has 1 aromatic heterocycles. The van der Waals surface area contributed by atoms with Gasteiger partial charge in [0, 0.05) is 12.7 Å². The summed E-state index contributed by atoms with van der Waals surface area (Å²) >= 11 is 0. The standard InChI is InChI=1S/C11H20N6/c1-3-4-6-14-11(17-12)15-8-10-5-7-13-9(2)16-10/h5,7H,3-4,6,8,12H2,1-2H3,(H2,14,15,17). The second-order valence-corrected chi connectivity index (χ2v) is 3.68. The third-order valence-electron chi connectivity index (χ3n) is 2.19. The number of nitrogens with one attached hydrogen (secondary N) is 2.